The molecule has 3 heterocycles. The first kappa shape index (κ1) is 34.5. The minimum Gasteiger partial charge on any atom is -0.447 e. The van der Waals surface area contributed by atoms with E-state index in [1.807, 2.05) is 41.5 Å². The minimum atomic E-state index is -2.77. The molecule has 4 aromatic rings. The van der Waals surface area contributed by atoms with Crippen molar-refractivity contribution in [2.45, 2.75) is 71.6 Å². The van der Waals surface area contributed by atoms with Crippen LogP contribution in [0.3, 0.4) is 0 Å². The number of carbonyl (C=O) groups excluding carboxylic acids is 2. The Balaban J connectivity index is 1.56. The smallest absolute Gasteiger partial charge is 0.407 e. The summed E-state index contributed by atoms with van der Waals surface area (Å²) < 4.78 is 34.0. The second-order valence-electron chi connectivity index (χ2n) is 13.9. The average Bonchev–Trinajstić information content (AvgIpc) is 3.75. The lowest BCUT2D eigenvalue weighted by Gasteiger charge is -2.35. The van der Waals surface area contributed by atoms with Crippen molar-refractivity contribution in [1.82, 2.24) is 40.1 Å². The van der Waals surface area contributed by atoms with Crippen LogP contribution in [0.15, 0.2) is 67.5 Å². The fourth-order valence-electron chi connectivity index (χ4n) is 5.74. The predicted octanol–water partition coefficient (Wildman–Crippen LogP) is 6.44. The van der Waals surface area contributed by atoms with E-state index in [1.54, 1.807) is 42.5 Å². The lowest BCUT2D eigenvalue weighted by Crippen LogP contribution is -2.47. The molecule has 15 heteroatoms. The summed E-state index contributed by atoms with van der Waals surface area (Å²) in [5.74, 6) is -0.614. The van der Waals surface area contributed by atoms with Crippen molar-refractivity contribution < 1.29 is 23.1 Å². The molecule has 5 rings (SSSR count). The van der Waals surface area contributed by atoms with Crippen LogP contribution in [0.25, 0.3) is 16.8 Å². The second kappa shape index (κ2) is 13.0. The van der Waals surface area contributed by atoms with Crippen LogP contribution in [0.2, 0.25) is 5.02 Å². The Morgan fingerprint density at radius 3 is 2.38 bits per heavy atom. The number of alkyl halides is 2. The van der Waals surface area contributed by atoms with Crippen molar-refractivity contribution in [3.8, 4) is 16.8 Å². The van der Waals surface area contributed by atoms with E-state index in [0.717, 1.165) is 0 Å². The van der Waals surface area contributed by atoms with Gasteiger partial charge in [-0.2, -0.15) is 19.0 Å². The number of nitrogens with zero attached hydrogens (tertiary/aromatic N) is 6. The molecule has 1 fully saturated rings. The highest BCUT2D eigenvalue weighted by molar-refractivity contribution is 6.32. The number of hydrogen-bond donors (Lipinski definition) is 3. The van der Waals surface area contributed by atoms with Gasteiger partial charge in [0, 0.05) is 17.3 Å². The monoisotopic (exact) mass is 681 g/mol. The zero-order chi connectivity index (χ0) is 35.0. The molecule has 48 heavy (non-hydrogen) atoms. The molecular weight excluding hydrogens is 644 g/mol. The summed E-state index contributed by atoms with van der Waals surface area (Å²) in [6.45, 7) is 8.37. The van der Waals surface area contributed by atoms with Crippen LogP contribution < -0.4 is 10.6 Å². The minimum absolute atomic E-state index is 0.186. The van der Waals surface area contributed by atoms with E-state index in [4.69, 9.17) is 21.7 Å². The largest absolute Gasteiger partial charge is 0.447 e. The Hall–Kier alpha value is -4.85. The van der Waals surface area contributed by atoms with Gasteiger partial charge in [-0.25, -0.2) is 19.1 Å². The standard InChI is InChI=1S/C33H38ClF2N9O3/c1-31(2,3)17-33(23-10-7-20(8-11-23)22-14-39-43(15-22)28(35)36)27(46)45(29(37)41-33)26(16-48-30(47)42-32(4,5)6)21-9-12-24(34)25(13-21)44-19-38-18-40-44/h7-15,18-19,26,28H,16-17H2,1-6H3,(H2,37,41)(H,42,47)/t26-,33-/m1/s1. The summed E-state index contributed by atoms with van der Waals surface area (Å²) in [6.07, 6.45) is 5.05. The molecule has 0 bridgehead atoms. The van der Waals surface area contributed by atoms with Crippen LogP contribution in [0, 0.1) is 10.8 Å². The van der Waals surface area contributed by atoms with Gasteiger partial charge in [-0.05, 0) is 61.4 Å². The predicted molar refractivity (Wildman–Crippen MR) is 176 cm³/mol. The molecule has 2 atom stereocenters. The third-order valence-corrected chi connectivity index (χ3v) is 7.97. The lowest BCUT2D eigenvalue weighted by atomic mass is 9.75. The molecular formula is C33H38ClF2N9O3. The zero-order valence-corrected chi connectivity index (χ0v) is 28.2. The molecule has 1 aliphatic heterocycles. The van der Waals surface area contributed by atoms with Gasteiger partial charge in [-0.15, -0.1) is 0 Å². The number of carbonyl (C=O) groups is 2. The van der Waals surface area contributed by atoms with E-state index < -0.39 is 41.1 Å². The molecule has 0 unspecified atom stereocenters. The number of halogens is 3. The number of guanidine groups is 1. The van der Waals surface area contributed by atoms with Gasteiger partial charge in [0.2, 0.25) is 0 Å². The number of rotatable bonds is 9. The van der Waals surface area contributed by atoms with Crippen LogP contribution in [0.4, 0.5) is 13.6 Å². The topological polar surface area (TPSA) is 143 Å². The molecule has 2 aromatic carbocycles. The first-order chi connectivity index (χ1) is 22.5. The SMILES string of the molecule is CC(C)(C)C[C@]1(c2ccc(-c3cnn(C(F)F)c3)cc2)NC(=N)N([C@H](COC(=O)NC(C)(C)C)c2ccc(Cl)c(-n3cncn3)c2)C1=O. The van der Waals surface area contributed by atoms with E-state index in [1.165, 1.54) is 34.6 Å². The number of aromatic nitrogens is 5. The number of ether oxygens (including phenoxy) is 1. The van der Waals surface area contributed by atoms with Gasteiger partial charge < -0.3 is 15.4 Å². The van der Waals surface area contributed by atoms with E-state index in [0.29, 0.717) is 44.1 Å². The Labute approximate surface area is 281 Å². The zero-order valence-electron chi connectivity index (χ0n) is 27.5. The highest BCUT2D eigenvalue weighted by atomic mass is 35.5. The summed E-state index contributed by atoms with van der Waals surface area (Å²) in [7, 11) is 0. The summed E-state index contributed by atoms with van der Waals surface area (Å²) in [4.78, 5) is 32.9. The molecule has 1 aliphatic rings. The summed E-state index contributed by atoms with van der Waals surface area (Å²) in [5, 5.41) is 23.3. The van der Waals surface area contributed by atoms with Gasteiger partial charge in [0.25, 0.3) is 5.91 Å². The van der Waals surface area contributed by atoms with Crippen molar-refractivity contribution in [2.75, 3.05) is 6.61 Å². The highest BCUT2D eigenvalue weighted by Crippen LogP contribution is 2.43. The molecule has 12 nitrogen and oxygen atoms in total. The Morgan fingerprint density at radius 1 is 1.08 bits per heavy atom. The second-order valence-corrected chi connectivity index (χ2v) is 14.3. The summed E-state index contributed by atoms with van der Waals surface area (Å²) in [5.41, 5.74) is 0.361. The van der Waals surface area contributed by atoms with Crippen LogP contribution in [0.5, 0.6) is 0 Å². The molecule has 2 amide bonds. The lowest BCUT2D eigenvalue weighted by molar-refractivity contribution is -0.134. The first-order valence-electron chi connectivity index (χ1n) is 15.2. The van der Waals surface area contributed by atoms with Crippen LogP contribution in [-0.2, 0) is 15.1 Å². The molecule has 0 spiro atoms. The maximum Gasteiger partial charge on any atom is 0.407 e. The van der Waals surface area contributed by atoms with Crippen LogP contribution in [0.1, 0.15) is 71.7 Å². The number of amides is 2. The van der Waals surface area contributed by atoms with E-state index >= 15 is 0 Å². The summed E-state index contributed by atoms with van der Waals surface area (Å²) >= 11 is 6.52. The fraction of sp³-hybridized carbons (Fsp3) is 0.394. The first-order valence-corrected chi connectivity index (χ1v) is 15.6. The Morgan fingerprint density at radius 2 is 1.79 bits per heavy atom. The third-order valence-electron chi connectivity index (χ3n) is 7.65. The average molecular weight is 682 g/mol. The van der Waals surface area contributed by atoms with Crippen LogP contribution >= 0.6 is 11.6 Å². The van der Waals surface area contributed by atoms with Gasteiger partial charge >= 0.3 is 12.6 Å². The van der Waals surface area contributed by atoms with Gasteiger partial charge in [0.1, 0.15) is 24.8 Å². The maximum absolute atomic E-state index is 14.8. The summed E-state index contributed by atoms with van der Waals surface area (Å²) in [6, 6.07) is 11.1. The third kappa shape index (κ3) is 7.33. The molecule has 3 N–H and O–H groups in total. The molecule has 1 saturated heterocycles. The quantitative estimate of drug-likeness (QED) is 0.184. The molecule has 0 saturated carbocycles. The van der Waals surface area contributed by atoms with Gasteiger partial charge in [-0.3, -0.25) is 15.1 Å². The van der Waals surface area contributed by atoms with Crippen molar-refractivity contribution in [2.24, 2.45) is 5.41 Å². The maximum atomic E-state index is 14.8. The van der Waals surface area contributed by atoms with E-state index in [2.05, 4.69) is 25.8 Å². The van der Waals surface area contributed by atoms with Gasteiger partial charge in [0.15, 0.2) is 5.96 Å². The molecule has 254 valence electrons. The van der Waals surface area contributed by atoms with Gasteiger partial charge in [0.05, 0.1) is 22.9 Å². The highest BCUT2D eigenvalue weighted by Gasteiger charge is 2.54. The number of nitrogens with one attached hydrogen (secondary N) is 3. The normalized spacial score (nSPS) is 17.5. The molecule has 0 aliphatic carbocycles. The van der Waals surface area contributed by atoms with E-state index in [-0.39, 0.29) is 12.6 Å². The molecule has 2 aromatic heterocycles. The number of alkyl carbamates (subject to hydrolysis) is 1. The van der Waals surface area contributed by atoms with Crippen LogP contribution in [-0.4, -0.2) is 59.6 Å². The fourth-order valence-corrected chi connectivity index (χ4v) is 5.94. The Kier molecular flexibility index (Phi) is 9.33. The molecule has 0 radical (unpaired) electrons. The Bertz CT molecular complexity index is 1800. The van der Waals surface area contributed by atoms with Crippen molar-refractivity contribution in [3.63, 3.8) is 0 Å². The van der Waals surface area contributed by atoms with Crippen molar-refractivity contribution in [1.29, 1.82) is 5.41 Å². The van der Waals surface area contributed by atoms with Gasteiger partial charge in [-0.1, -0.05) is 62.7 Å². The number of benzene rings is 2. The van der Waals surface area contributed by atoms with Crippen molar-refractivity contribution in [3.05, 3.63) is 83.7 Å². The number of hydrogen-bond acceptors (Lipinski definition) is 7. The van der Waals surface area contributed by atoms with E-state index in [9.17, 15) is 18.4 Å². The van der Waals surface area contributed by atoms with Crippen molar-refractivity contribution >= 4 is 29.6 Å².